The average molecular weight is 759 g/mol. The monoisotopic (exact) mass is 759 g/mol. The molecule has 2 N–H and O–H groups in total. The van der Waals surface area contributed by atoms with Crippen LogP contribution in [0.1, 0.15) is 29.2 Å². The van der Waals surface area contributed by atoms with Crippen molar-refractivity contribution in [2.24, 2.45) is 0 Å². The van der Waals surface area contributed by atoms with E-state index in [0.717, 1.165) is 71.1 Å². The van der Waals surface area contributed by atoms with Gasteiger partial charge in [-0.25, -0.2) is 0 Å². The molecule has 0 saturated carbocycles. The summed E-state index contributed by atoms with van der Waals surface area (Å²) in [4.78, 5) is 2.30. The fourth-order valence-corrected chi connectivity index (χ4v) is 6.09. The summed E-state index contributed by atoms with van der Waals surface area (Å²) in [6.45, 7) is 8.06. The number of hydrogen-bond donors (Lipinski definition) is 2. The third-order valence-corrected chi connectivity index (χ3v) is 9.23. The van der Waals surface area contributed by atoms with Gasteiger partial charge in [0.2, 0.25) is 0 Å². The van der Waals surface area contributed by atoms with Gasteiger partial charge in [0.1, 0.15) is 24.7 Å². The van der Waals surface area contributed by atoms with Crippen molar-refractivity contribution in [3.8, 4) is 11.5 Å². The van der Waals surface area contributed by atoms with Crippen LogP contribution in [0, 0.1) is 0 Å². The van der Waals surface area contributed by atoms with Gasteiger partial charge in [-0.15, -0.1) is 0 Å². The molecule has 0 fully saturated rings. The van der Waals surface area contributed by atoms with Crippen molar-refractivity contribution in [3.05, 3.63) is 180 Å². The highest BCUT2D eigenvalue weighted by Crippen LogP contribution is 2.19. The Labute approximate surface area is 340 Å². The summed E-state index contributed by atoms with van der Waals surface area (Å²) >= 11 is 0. The fraction of sp³-hybridized carbons (Fsp3) is 0.217. The molecule has 0 aliphatic carbocycles. The number of benzene rings is 6. The Morgan fingerprint density at radius 2 is 0.860 bits per heavy atom. The van der Waals surface area contributed by atoms with Crippen molar-refractivity contribution < 1.29 is 23.4 Å². The Bertz CT molecular complexity index is 1830. The molecule has 0 saturated heterocycles. The molecule has 290 valence electrons. The maximum Gasteiger partial charge on any atom is 0.364 e. The molecule has 0 unspecified atom stereocenters. The van der Waals surface area contributed by atoms with Gasteiger partial charge in [0, 0.05) is 57.4 Å². The largest absolute Gasteiger partial charge is 0.489 e. The lowest BCUT2D eigenvalue weighted by Crippen LogP contribution is -2.29. The zero-order valence-electron chi connectivity index (χ0n) is 33.0. The highest BCUT2D eigenvalue weighted by molar-refractivity contribution is 6.47. The standard InChI is InChI=1S/C46H52B3N3O5/c1-2-55-49-52(33-37-17-25-45(26-18-37)53-35-39-13-21-41(22-14-39)47-56-31-29-50-43-9-5-3-6-10-43)34-38-19-27-46(28-20-38)54-36-40-15-23-42(24-16-40)48-57-32-30-51-44-11-7-4-8-12-44/h3-28,47-51H,2,29-36H2,1H3. The van der Waals surface area contributed by atoms with Crippen molar-refractivity contribution >= 4 is 44.9 Å². The predicted octanol–water partition coefficient (Wildman–Crippen LogP) is 6.36. The number of rotatable bonds is 25. The number of nitrogens with one attached hydrogen (secondary N) is 2. The van der Waals surface area contributed by atoms with Gasteiger partial charge >= 0.3 is 22.6 Å². The summed E-state index contributed by atoms with van der Waals surface area (Å²) in [5.74, 6) is 1.69. The summed E-state index contributed by atoms with van der Waals surface area (Å²) in [6.07, 6.45) is 0. The van der Waals surface area contributed by atoms with Crippen molar-refractivity contribution in [1.29, 1.82) is 0 Å². The average Bonchev–Trinajstić information content (AvgIpc) is 3.26. The van der Waals surface area contributed by atoms with Gasteiger partial charge in [0.05, 0.1) is 0 Å². The molecule has 0 aliphatic rings. The predicted molar refractivity (Wildman–Crippen MR) is 238 cm³/mol. The van der Waals surface area contributed by atoms with Crippen LogP contribution in [0.5, 0.6) is 11.5 Å². The van der Waals surface area contributed by atoms with E-state index in [4.69, 9.17) is 23.4 Å². The van der Waals surface area contributed by atoms with Crippen molar-refractivity contribution in [3.63, 3.8) is 0 Å². The molecule has 6 aromatic rings. The van der Waals surface area contributed by atoms with Gasteiger partial charge in [0.15, 0.2) is 0 Å². The molecular weight excluding hydrogens is 707 g/mol. The van der Waals surface area contributed by atoms with E-state index in [9.17, 15) is 0 Å². The normalized spacial score (nSPS) is 10.8. The second-order valence-electron chi connectivity index (χ2n) is 13.8. The van der Waals surface area contributed by atoms with Crippen LogP contribution in [0.4, 0.5) is 11.4 Å². The third kappa shape index (κ3) is 15.2. The first kappa shape index (κ1) is 41.2. The van der Waals surface area contributed by atoms with Crippen LogP contribution in [0.15, 0.2) is 158 Å². The molecule has 0 aromatic heterocycles. The second-order valence-corrected chi connectivity index (χ2v) is 13.8. The zero-order valence-corrected chi connectivity index (χ0v) is 33.0. The lowest BCUT2D eigenvalue weighted by molar-refractivity contribution is 0.287. The summed E-state index contributed by atoms with van der Waals surface area (Å²) in [7, 11) is 1.72. The first-order chi connectivity index (χ1) is 28.2. The minimum absolute atomic E-state index is 0.508. The van der Waals surface area contributed by atoms with Crippen LogP contribution in [0.25, 0.3) is 0 Å². The zero-order chi connectivity index (χ0) is 39.2. The molecule has 6 aromatic carbocycles. The van der Waals surface area contributed by atoms with Crippen LogP contribution in [0.3, 0.4) is 0 Å². The quantitative estimate of drug-likeness (QED) is 0.0517. The summed E-state index contributed by atoms with van der Waals surface area (Å²) < 4.78 is 29.7. The Kier molecular flexibility index (Phi) is 17.0. The summed E-state index contributed by atoms with van der Waals surface area (Å²) in [5, 5.41) is 6.73. The molecular formula is C46H52B3N3O5. The molecule has 0 aliphatic heterocycles. The third-order valence-electron chi connectivity index (χ3n) is 9.23. The Morgan fingerprint density at radius 1 is 0.456 bits per heavy atom. The molecule has 11 heteroatoms. The van der Waals surface area contributed by atoms with Gasteiger partial charge in [-0.3, -0.25) is 0 Å². The minimum atomic E-state index is 0.508. The van der Waals surface area contributed by atoms with E-state index in [-0.39, 0.29) is 0 Å². The second kappa shape index (κ2) is 23.6. The minimum Gasteiger partial charge on any atom is -0.489 e. The van der Waals surface area contributed by atoms with Crippen molar-refractivity contribution in [1.82, 2.24) is 4.81 Å². The van der Waals surface area contributed by atoms with E-state index in [1.807, 2.05) is 67.6 Å². The molecule has 6 rings (SSSR count). The molecule has 0 bridgehead atoms. The maximum atomic E-state index is 6.11. The van der Waals surface area contributed by atoms with Crippen LogP contribution in [-0.4, -0.2) is 60.3 Å². The lowest BCUT2D eigenvalue weighted by Gasteiger charge is -2.21. The fourth-order valence-electron chi connectivity index (χ4n) is 6.09. The number of nitrogens with zero attached hydrogens (tertiary/aromatic N) is 1. The van der Waals surface area contributed by atoms with Crippen molar-refractivity contribution in [2.75, 3.05) is 43.5 Å². The van der Waals surface area contributed by atoms with E-state index in [0.29, 0.717) is 55.6 Å². The molecule has 0 heterocycles. The Balaban J connectivity index is 0.876. The van der Waals surface area contributed by atoms with Crippen LogP contribution >= 0.6 is 0 Å². The number of anilines is 2. The highest BCUT2D eigenvalue weighted by Gasteiger charge is 2.11. The topological polar surface area (TPSA) is 73.5 Å². The maximum absolute atomic E-state index is 6.11. The smallest absolute Gasteiger partial charge is 0.364 e. The number of hydrogen-bond acceptors (Lipinski definition) is 8. The SMILES string of the molecule is CCOBN(Cc1ccc(OCc2ccc(BOCCNc3ccccc3)cc2)cc1)Cc1ccc(OCc2ccc(BOCCNc3ccccc3)cc2)cc1. The molecule has 0 radical (unpaired) electrons. The van der Waals surface area contributed by atoms with E-state index < -0.39 is 0 Å². The first-order valence-corrected chi connectivity index (χ1v) is 19.8. The van der Waals surface area contributed by atoms with Gasteiger partial charge in [-0.1, -0.05) is 120 Å². The Morgan fingerprint density at radius 3 is 1.26 bits per heavy atom. The lowest BCUT2D eigenvalue weighted by atomic mass is 9.87. The van der Waals surface area contributed by atoms with Crippen LogP contribution in [0.2, 0.25) is 0 Å². The molecule has 0 atom stereocenters. The summed E-state index contributed by atoms with van der Waals surface area (Å²) in [6, 6.07) is 53.8. The highest BCUT2D eigenvalue weighted by atomic mass is 16.5. The van der Waals surface area contributed by atoms with Gasteiger partial charge in [0.25, 0.3) is 0 Å². The van der Waals surface area contributed by atoms with E-state index in [2.05, 4.69) is 113 Å². The van der Waals surface area contributed by atoms with Crippen LogP contribution < -0.4 is 31.0 Å². The molecule has 0 spiro atoms. The van der Waals surface area contributed by atoms with Gasteiger partial charge in [-0.05, 0) is 77.7 Å². The van der Waals surface area contributed by atoms with Gasteiger partial charge in [-0.2, -0.15) is 0 Å². The van der Waals surface area contributed by atoms with Crippen LogP contribution in [-0.2, 0) is 40.3 Å². The number of ether oxygens (including phenoxy) is 2. The first-order valence-electron chi connectivity index (χ1n) is 19.8. The van der Waals surface area contributed by atoms with E-state index >= 15 is 0 Å². The van der Waals surface area contributed by atoms with Crippen molar-refractivity contribution in [2.45, 2.75) is 33.2 Å². The molecule has 8 nitrogen and oxygen atoms in total. The van der Waals surface area contributed by atoms with E-state index in [1.165, 1.54) is 11.1 Å². The van der Waals surface area contributed by atoms with E-state index in [1.54, 1.807) is 0 Å². The molecule has 0 amide bonds. The molecule has 57 heavy (non-hydrogen) atoms. The van der Waals surface area contributed by atoms with Gasteiger partial charge < -0.3 is 38.9 Å². The number of para-hydroxylation sites is 2. The Hall–Kier alpha value is -5.45. The summed E-state index contributed by atoms with van der Waals surface area (Å²) in [5.41, 5.74) is 9.13.